The summed E-state index contributed by atoms with van der Waals surface area (Å²) in [5.74, 6) is -3.78. The molecule has 0 rings (SSSR count). The average Bonchev–Trinajstić information content (AvgIpc) is 1.80. The Labute approximate surface area is 89.8 Å². The number of hydrogen-bond donors (Lipinski definition) is 3. The Kier molecular flexibility index (Phi) is 8.02. The summed E-state index contributed by atoms with van der Waals surface area (Å²) in [5, 5.41) is 24.8. The summed E-state index contributed by atoms with van der Waals surface area (Å²) in [6.07, 6.45) is 0. The molecular weight excluding hydrogens is 238 g/mol. The molecule has 0 aromatic rings. The number of nitrogens with zero attached hydrogens (tertiary/aromatic N) is 1. The molecule has 0 aliphatic heterocycles. The van der Waals surface area contributed by atoms with Crippen molar-refractivity contribution < 1.29 is 46.8 Å². The Balaban J connectivity index is 0. The van der Waals surface area contributed by atoms with Gasteiger partial charge in [0.1, 0.15) is 0 Å². The molecule has 0 aliphatic carbocycles. The van der Waals surface area contributed by atoms with Gasteiger partial charge in [-0.3, -0.25) is 19.3 Å². The molecule has 0 atom stereocenters. The van der Waals surface area contributed by atoms with Crippen LogP contribution in [0.5, 0.6) is 0 Å². The van der Waals surface area contributed by atoms with Gasteiger partial charge in [0, 0.05) is 0 Å². The smallest absolute Gasteiger partial charge is 0.480 e. The fraction of sp³-hybridized carbons (Fsp3) is 0.500. The van der Waals surface area contributed by atoms with Crippen LogP contribution in [0.15, 0.2) is 0 Å². The third-order valence-electron chi connectivity index (χ3n) is 1.08. The molecule has 0 radical (unpaired) electrons. The summed E-state index contributed by atoms with van der Waals surface area (Å²) in [7, 11) is 0. The van der Waals surface area contributed by atoms with Gasteiger partial charge in [-0.15, -0.1) is 0 Å². The fourth-order valence-corrected chi connectivity index (χ4v) is 0.742. The molecule has 0 bridgehead atoms. The van der Waals surface area contributed by atoms with Crippen LogP contribution in [0, 0.1) is 0 Å². The number of rotatable bonds is 6. The minimum absolute atomic E-state index is 0. The van der Waals surface area contributed by atoms with Crippen molar-refractivity contribution in [2.45, 2.75) is 0 Å². The van der Waals surface area contributed by atoms with Gasteiger partial charge in [-0.1, -0.05) is 0 Å². The van der Waals surface area contributed by atoms with Crippen LogP contribution in [0.3, 0.4) is 0 Å². The standard InChI is InChI=1S/C6H9NO6.Fe/c8-4(9)1-7(2-5(10)11)3-6(12)13;/h1-3H2,(H,8,9)(H,10,11)(H,12,13);/q;+2. The van der Waals surface area contributed by atoms with Gasteiger partial charge < -0.3 is 15.3 Å². The quantitative estimate of drug-likeness (QED) is 0.491. The van der Waals surface area contributed by atoms with Crippen molar-refractivity contribution in [2.75, 3.05) is 19.6 Å². The molecule has 0 spiro atoms. The predicted molar refractivity (Wildman–Crippen MR) is 39.3 cm³/mol. The first-order chi connectivity index (χ1) is 5.91. The van der Waals surface area contributed by atoms with E-state index in [2.05, 4.69) is 0 Å². The summed E-state index contributed by atoms with van der Waals surface area (Å²) in [6, 6.07) is 0. The number of carboxylic acids is 3. The van der Waals surface area contributed by atoms with Crippen molar-refractivity contribution in [3.63, 3.8) is 0 Å². The van der Waals surface area contributed by atoms with Gasteiger partial charge >= 0.3 is 35.0 Å². The Morgan fingerprint density at radius 3 is 1.14 bits per heavy atom. The van der Waals surface area contributed by atoms with Gasteiger partial charge in [0.2, 0.25) is 0 Å². The van der Waals surface area contributed by atoms with Gasteiger partial charge in [-0.05, 0) is 0 Å². The van der Waals surface area contributed by atoms with Crippen molar-refractivity contribution in [3.05, 3.63) is 0 Å². The topological polar surface area (TPSA) is 115 Å². The molecular formula is C6H9FeNO6+2. The Morgan fingerprint density at radius 2 is 1.00 bits per heavy atom. The number of hydrogen-bond acceptors (Lipinski definition) is 4. The fourth-order valence-electron chi connectivity index (χ4n) is 0.742. The van der Waals surface area contributed by atoms with E-state index in [9.17, 15) is 14.4 Å². The molecule has 0 heterocycles. The van der Waals surface area contributed by atoms with Gasteiger partial charge in [-0.25, -0.2) is 0 Å². The van der Waals surface area contributed by atoms with Gasteiger partial charge in [-0.2, -0.15) is 0 Å². The monoisotopic (exact) mass is 247 g/mol. The van der Waals surface area contributed by atoms with E-state index in [1.807, 2.05) is 0 Å². The summed E-state index contributed by atoms with van der Waals surface area (Å²) in [4.78, 5) is 31.2. The molecule has 0 aliphatic rings. The van der Waals surface area contributed by atoms with E-state index in [0.717, 1.165) is 4.90 Å². The number of carboxylic acid groups (broad SMARTS) is 3. The maximum atomic E-state index is 10.1. The maximum absolute atomic E-state index is 10.1. The molecule has 8 heteroatoms. The largest absolute Gasteiger partial charge is 2.00 e. The molecule has 14 heavy (non-hydrogen) atoms. The molecule has 0 saturated heterocycles. The molecule has 0 saturated carbocycles. The minimum Gasteiger partial charge on any atom is -0.480 e. The van der Waals surface area contributed by atoms with Crippen molar-refractivity contribution in [1.82, 2.24) is 4.90 Å². The van der Waals surface area contributed by atoms with Crippen molar-refractivity contribution in [2.24, 2.45) is 0 Å². The zero-order valence-electron chi connectivity index (χ0n) is 6.99. The van der Waals surface area contributed by atoms with Gasteiger partial charge in [0.15, 0.2) is 0 Å². The van der Waals surface area contributed by atoms with Crippen molar-refractivity contribution in [1.29, 1.82) is 0 Å². The van der Waals surface area contributed by atoms with E-state index in [4.69, 9.17) is 15.3 Å². The first kappa shape index (κ1) is 15.4. The van der Waals surface area contributed by atoms with Crippen LogP contribution in [-0.4, -0.2) is 57.8 Å². The van der Waals surface area contributed by atoms with Crippen LogP contribution in [0.4, 0.5) is 0 Å². The van der Waals surface area contributed by atoms with E-state index in [0.29, 0.717) is 0 Å². The minimum atomic E-state index is -1.26. The molecule has 0 aromatic heterocycles. The van der Waals surface area contributed by atoms with Gasteiger partial charge in [0.25, 0.3) is 0 Å². The molecule has 3 N–H and O–H groups in total. The van der Waals surface area contributed by atoms with E-state index in [-0.39, 0.29) is 17.1 Å². The first-order valence-corrected chi connectivity index (χ1v) is 3.29. The normalized spacial score (nSPS) is 9.21. The second-order valence-electron chi connectivity index (χ2n) is 2.33. The van der Waals surface area contributed by atoms with Crippen molar-refractivity contribution >= 4 is 17.9 Å². The van der Waals surface area contributed by atoms with Crippen LogP contribution in [0.2, 0.25) is 0 Å². The molecule has 0 unspecified atom stereocenters. The van der Waals surface area contributed by atoms with Gasteiger partial charge in [0.05, 0.1) is 19.6 Å². The van der Waals surface area contributed by atoms with Crippen LogP contribution >= 0.6 is 0 Å². The van der Waals surface area contributed by atoms with E-state index >= 15 is 0 Å². The molecule has 7 nitrogen and oxygen atoms in total. The van der Waals surface area contributed by atoms with Crippen LogP contribution in [0.25, 0.3) is 0 Å². The average molecular weight is 247 g/mol. The third-order valence-corrected chi connectivity index (χ3v) is 1.08. The van der Waals surface area contributed by atoms with Crippen molar-refractivity contribution in [3.8, 4) is 0 Å². The van der Waals surface area contributed by atoms with Crippen LogP contribution in [0.1, 0.15) is 0 Å². The van der Waals surface area contributed by atoms with Crippen LogP contribution in [-0.2, 0) is 31.5 Å². The zero-order chi connectivity index (χ0) is 10.4. The SMILES string of the molecule is O=C(O)CN(CC(=O)O)CC(=O)O.[Fe+2]. The van der Waals surface area contributed by atoms with E-state index in [1.54, 1.807) is 0 Å². The molecule has 0 amide bonds. The molecule has 0 aromatic carbocycles. The van der Waals surface area contributed by atoms with E-state index in [1.165, 1.54) is 0 Å². The Hall–Kier alpha value is -1.11. The number of aliphatic carboxylic acids is 3. The molecule has 80 valence electrons. The first-order valence-electron chi connectivity index (χ1n) is 3.29. The Bertz CT molecular complexity index is 192. The summed E-state index contributed by atoms with van der Waals surface area (Å²) in [5.41, 5.74) is 0. The maximum Gasteiger partial charge on any atom is 2.00 e. The Morgan fingerprint density at radius 1 is 0.786 bits per heavy atom. The van der Waals surface area contributed by atoms with E-state index < -0.39 is 37.5 Å². The third kappa shape index (κ3) is 8.98. The van der Waals surface area contributed by atoms with Crippen LogP contribution < -0.4 is 0 Å². The zero-order valence-corrected chi connectivity index (χ0v) is 8.09. The second-order valence-corrected chi connectivity index (χ2v) is 2.33. The second kappa shape index (κ2) is 7.31. The summed E-state index contributed by atoms with van der Waals surface area (Å²) in [6.45, 7) is -1.80. The predicted octanol–water partition coefficient (Wildman–Crippen LogP) is -1.46. The number of carbonyl (C=O) groups is 3. The molecule has 0 fully saturated rings. The summed E-state index contributed by atoms with van der Waals surface area (Å²) >= 11 is 0. The summed E-state index contributed by atoms with van der Waals surface area (Å²) < 4.78 is 0.